The van der Waals surface area contributed by atoms with Gasteiger partial charge in [0.15, 0.2) is 0 Å². The van der Waals surface area contributed by atoms with Crippen molar-refractivity contribution in [2.75, 3.05) is 38.3 Å². The Bertz CT molecular complexity index is 902. The average Bonchev–Trinajstić information content (AvgIpc) is 2.71. The van der Waals surface area contributed by atoms with Gasteiger partial charge in [-0.25, -0.2) is 0 Å². The van der Waals surface area contributed by atoms with Gasteiger partial charge in [0.1, 0.15) is 12.0 Å². The Kier molecular flexibility index (Phi) is 3.58. The first-order valence-electron chi connectivity index (χ1n) is 9.04. The van der Waals surface area contributed by atoms with Crippen LogP contribution in [-0.2, 0) is 4.74 Å². The van der Waals surface area contributed by atoms with Gasteiger partial charge in [0, 0.05) is 20.1 Å². The summed E-state index contributed by atoms with van der Waals surface area (Å²) in [6, 6.07) is 16.4. The minimum atomic E-state index is 0.0446. The number of benzene rings is 2. The number of carbonyl (C=O) groups is 1. The summed E-state index contributed by atoms with van der Waals surface area (Å²) in [7, 11) is 1.86. The van der Waals surface area contributed by atoms with Gasteiger partial charge in [-0.2, -0.15) is 0 Å². The minimum absolute atomic E-state index is 0.0446. The molecule has 1 saturated heterocycles. The zero-order valence-corrected chi connectivity index (χ0v) is 14.8. The Labute approximate surface area is 153 Å². The molecule has 1 unspecified atom stereocenters. The number of hydrogen-bond acceptors (Lipinski definition) is 4. The van der Waals surface area contributed by atoms with Crippen molar-refractivity contribution in [2.24, 2.45) is 0 Å². The highest BCUT2D eigenvalue weighted by Crippen LogP contribution is 2.45. The van der Waals surface area contributed by atoms with Crippen molar-refractivity contribution in [3.8, 4) is 0 Å². The smallest absolute Gasteiger partial charge is 0.261 e. The van der Waals surface area contributed by atoms with Gasteiger partial charge in [-0.3, -0.25) is 14.6 Å². The van der Waals surface area contributed by atoms with E-state index in [1.165, 1.54) is 11.1 Å². The zero-order valence-electron chi connectivity index (χ0n) is 14.8. The first-order chi connectivity index (χ1) is 12.8. The van der Waals surface area contributed by atoms with Crippen LogP contribution in [0.4, 0.5) is 5.69 Å². The van der Waals surface area contributed by atoms with Crippen LogP contribution in [0.2, 0.25) is 0 Å². The molecule has 0 spiro atoms. The van der Waals surface area contributed by atoms with Gasteiger partial charge in [0.05, 0.1) is 24.5 Å². The predicted molar refractivity (Wildman–Crippen MR) is 101 cm³/mol. The molecule has 1 atom stereocenters. The summed E-state index contributed by atoms with van der Waals surface area (Å²) in [4.78, 5) is 19.4. The number of nitrogens with zero attached hydrogens (tertiary/aromatic N) is 3. The molecule has 132 valence electrons. The fourth-order valence-electron chi connectivity index (χ4n) is 4.20. The van der Waals surface area contributed by atoms with Crippen LogP contribution in [-0.4, -0.2) is 49.1 Å². The van der Waals surface area contributed by atoms with E-state index in [1.54, 1.807) is 4.90 Å². The number of hydrogen-bond donors (Lipinski definition) is 0. The van der Waals surface area contributed by atoms with E-state index in [4.69, 9.17) is 4.74 Å². The number of morpholine rings is 1. The standard InChI is InChI=1S/C21H21N3O2/c1-22-19-14-15-6-2-3-7-16(15)20(23-10-12-26-13-11-23)24(19)18-9-5-4-8-17(18)21(22)25/h2-9,14,20H,10-13H2,1H3. The lowest BCUT2D eigenvalue weighted by Crippen LogP contribution is -2.53. The van der Waals surface area contributed by atoms with Crippen LogP contribution >= 0.6 is 0 Å². The first kappa shape index (κ1) is 15.6. The molecule has 0 aliphatic carbocycles. The Morgan fingerprint density at radius 3 is 2.58 bits per heavy atom. The second kappa shape index (κ2) is 5.97. The van der Waals surface area contributed by atoms with E-state index in [1.807, 2.05) is 25.2 Å². The SMILES string of the molecule is CN1C(=O)c2ccccc2N2C1=Cc1ccccc1C2N1CCOCC1. The number of ether oxygens (including phenoxy) is 1. The maximum Gasteiger partial charge on any atom is 0.261 e. The van der Waals surface area contributed by atoms with Gasteiger partial charge < -0.3 is 9.64 Å². The van der Waals surface area contributed by atoms with Crippen LogP contribution < -0.4 is 4.90 Å². The van der Waals surface area contributed by atoms with Crippen LogP contribution in [0.1, 0.15) is 27.7 Å². The average molecular weight is 347 g/mol. The van der Waals surface area contributed by atoms with Gasteiger partial charge >= 0.3 is 0 Å². The lowest BCUT2D eigenvalue weighted by atomic mass is 9.95. The Morgan fingerprint density at radius 2 is 1.73 bits per heavy atom. The molecule has 3 aliphatic rings. The molecule has 5 heteroatoms. The van der Waals surface area contributed by atoms with Crippen LogP contribution in [0.25, 0.3) is 6.08 Å². The number of carbonyl (C=O) groups excluding carboxylic acids is 1. The molecule has 0 saturated carbocycles. The monoisotopic (exact) mass is 347 g/mol. The maximum absolute atomic E-state index is 12.9. The van der Waals surface area contributed by atoms with Crippen molar-refractivity contribution in [1.29, 1.82) is 0 Å². The Morgan fingerprint density at radius 1 is 1.00 bits per heavy atom. The number of para-hydroxylation sites is 1. The van der Waals surface area contributed by atoms with E-state index in [2.05, 4.69) is 46.2 Å². The van der Waals surface area contributed by atoms with Gasteiger partial charge in [0.2, 0.25) is 0 Å². The lowest BCUT2D eigenvalue weighted by molar-refractivity contribution is 0.0147. The fourth-order valence-corrected chi connectivity index (χ4v) is 4.20. The Hall–Kier alpha value is -2.63. The van der Waals surface area contributed by atoms with Gasteiger partial charge in [-0.05, 0) is 29.3 Å². The maximum atomic E-state index is 12.9. The highest BCUT2D eigenvalue weighted by molar-refractivity contribution is 6.04. The molecule has 5 rings (SSSR count). The third-order valence-corrected chi connectivity index (χ3v) is 5.48. The molecule has 26 heavy (non-hydrogen) atoms. The van der Waals surface area contributed by atoms with Gasteiger partial charge in [0.25, 0.3) is 5.91 Å². The third-order valence-electron chi connectivity index (χ3n) is 5.48. The topological polar surface area (TPSA) is 36.0 Å². The molecule has 0 bridgehead atoms. The van der Waals surface area contributed by atoms with Crippen LogP contribution in [0.3, 0.4) is 0 Å². The minimum Gasteiger partial charge on any atom is -0.379 e. The summed E-state index contributed by atoms with van der Waals surface area (Å²) in [5.74, 6) is 0.979. The van der Waals surface area contributed by atoms with Crippen molar-refractivity contribution < 1.29 is 9.53 Å². The van der Waals surface area contributed by atoms with Gasteiger partial charge in [-0.15, -0.1) is 0 Å². The summed E-state index contributed by atoms with van der Waals surface area (Å²) >= 11 is 0. The number of anilines is 1. The molecular weight excluding hydrogens is 326 g/mol. The molecule has 0 N–H and O–H groups in total. The molecule has 1 fully saturated rings. The molecule has 3 heterocycles. The molecule has 0 aromatic heterocycles. The van der Waals surface area contributed by atoms with Crippen LogP contribution in [0.5, 0.6) is 0 Å². The zero-order chi connectivity index (χ0) is 17.7. The highest BCUT2D eigenvalue weighted by Gasteiger charge is 2.41. The molecule has 2 aromatic carbocycles. The summed E-state index contributed by atoms with van der Waals surface area (Å²) < 4.78 is 5.58. The van der Waals surface area contributed by atoms with Crippen LogP contribution in [0.15, 0.2) is 54.4 Å². The van der Waals surface area contributed by atoms with Crippen molar-refractivity contribution >= 4 is 17.7 Å². The van der Waals surface area contributed by atoms with Crippen LogP contribution in [0, 0.1) is 0 Å². The van der Waals surface area contributed by atoms with E-state index in [9.17, 15) is 4.79 Å². The molecule has 0 radical (unpaired) electrons. The Balaban J connectivity index is 1.74. The number of fused-ring (bicyclic) bond motifs is 4. The second-order valence-corrected chi connectivity index (χ2v) is 6.90. The van der Waals surface area contributed by atoms with E-state index in [0.29, 0.717) is 0 Å². The lowest BCUT2D eigenvalue weighted by Gasteiger charge is -2.49. The van der Waals surface area contributed by atoms with Gasteiger partial charge in [-0.1, -0.05) is 36.4 Å². The molecular formula is C21H21N3O2. The van der Waals surface area contributed by atoms with E-state index >= 15 is 0 Å². The second-order valence-electron chi connectivity index (χ2n) is 6.90. The quantitative estimate of drug-likeness (QED) is 0.795. The molecule has 1 amide bonds. The van der Waals surface area contributed by atoms with Crippen molar-refractivity contribution in [1.82, 2.24) is 9.80 Å². The van der Waals surface area contributed by atoms with Crippen molar-refractivity contribution in [3.05, 3.63) is 71.0 Å². The highest BCUT2D eigenvalue weighted by atomic mass is 16.5. The largest absolute Gasteiger partial charge is 0.379 e. The van der Waals surface area contributed by atoms with E-state index < -0.39 is 0 Å². The molecule has 2 aromatic rings. The summed E-state index contributed by atoms with van der Waals surface area (Å²) in [6.45, 7) is 3.23. The summed E-state index contributed by atoms with van der Waals surface area (Å²) in [5, 5.41) is 0. The predicted octanol–water partition coefficient (Wildman–Crippen LogP) is 2.92. The fraction of sp³-hybridized carbons (Fsp3) is 0.286. The third kappa shape index (κ3) is 2.21. The number of amides is 1. The summed E-state index contributed by atoms with van der Waals surface area (Å²) in [5.41, 5.74) is 4.18. The van der Waals surface area contributed by atoms with Crippen molar-refractivity contribution in [3.63, 3.8) is 0 Å². The van der Waals surface area contributed by atoms with E-state index in [-0.39, 0.29) is 12.1 Å². The molecule has 3 aliphatic heterocycles. The normalized spacial score (nSPS) is 22.4. The van der Waals surface area contributed by atoms with E-state index in [0.717, 1.165) is 43.4 Å². The summed E-state index contributed by atoms with van der Waals surface area (Å²) in [6.07, 6.45) is 2.19. The molecule has 5 nitrogen and oxygen atoms in total. The first-order valence-corrected chi connectivity index (χ1v) is 9.04. The number of rotatable bonds is 1. The van der Waals surface area contributed by atoms with Crippen molar-refractivity contribution in [2.45, 2.75) is 6.17 Å².